The molecule has 6 heteroatoms. The number of carbonyl (C=O) groups is 1. The second kappa shape index (κ2) is 6.24. The van der Waals surface area contributed by atoms with Gasteiger partial charge >= 0.3 is 0 Å². The second-order valence-corrected chi connectivity index (χ2v) is 8.55. The second-order valence-electron chi connectivity index (χ2n) is 8.55. The number of fused-ring (bicyclic) bond motifs is 5. The van der Waals surface area contributed by atoms with Gasteiger partial charge in [0.1, 0.15) is 0 Å². The molecule has 1 saturated heterocycles. The molecule has 2 unspecified atom stereocenters. The fourth-order valence-electron chi connectivity index (χ4n) is 5.30. The quantitative estimate of drug-likeness (QED) is 0.679. The van der Waals surface area contributed by atoms with E-state index in [1.807, 2.05) is 18.0 Å². The van der Waals surface area contributed by atoms with E-state index in [0.29, 0.717) is 23.5 Å². The van der Waals surface area contributed by atoms with Crippen molar-refractivity contribution in [3.05, 3.63) is 59.0 Å². The first-order valence-electron chi connectivity index (χ1n) is 10.5. The third-order valence-corrected chi connectivity index (χ3v) is 6.89. The number of amides is 1. The first-order valence-corrected chi connectivity index (χ1v) is 10.5. The Bertz CT molecular complexity index is 1130. The van der Waals surface area contributed by atoms with Crippen LogP contribution in [0.5, 0.6) is 0 Å². The molecule has 3 aromatic rings. The predicted molar refractivity (Wildman–Crippen MR) is 109 cm³/mol. The Balaban J connectivity index is 1.37. The number of rotatable bonds is 2. The van der Waals surface area contributed by atoms with Crippen LogP contribution in [0, 0.1) is 12.8 Å². The molecule has 2 fully saturated rings. The summed E-state index contributed by atoms with van der Waals surface area (Å²) < 4.78 is 1.71. The van der Waals surface area contributed by atoms with Gasteiger partial charge in [0.2, 0.25) is 0 Å². The first kappa shape index (κ1) is 16.9. The van der Waals surface area contributed by atoms with Crippen LogP contribution in [-0.2, 0) is 12.8 Å². The molecule has 3 heterocycles. The summed E-state index contributed by atoms with van der Waals surface area (Å²) in [6.45, 7) is 2.82. The molecule has 29 heavy (non-hydrogen) atoms. The normalized spacial score (nSPS) is 21.9. The minimum atomic E-state index is 0.101. The number of benzene rings is 1. The molecule has 0 N–H and O–H groups in total. The molecule has 0 radical (unpaired) electrons. The van der Waals surface area contributed by atoms with Crippen molar-refractivity contribution in [2.75, 3.05) is 6.54 Å². The third-order valence-electron chi connectivity index (χ3n) is 6.89. The van der Waals surface area contributed by atoms with Crippen molar-refractivity contribution >= 4 is 5.91 Å². The summed E-state index contributed by atoms with van der Waals surface area (Å²) in [6, 6.07) is 8.82. The molecular weight excluding hydrogens is 362 g/mol. The zero-order valence-corrected chi connectivity index (χ0v) is 16.5. The minimum absolute atomic E-state index is 0.101. The summed E-state index contributed by atoms with van der Waals surface area (Å²) in [5, 5.41) is 4.49. The van der Waals surface area contributed by atoms with Gasteiger partial charge in [0, 0.05) is 24.3 Å². The molecule has 2 aromatic heterocycles. The Morgan fingerprint density at radius 1 is 1.10 bits per heavy atom. The highest BCUT2D eigenvalue weighted by Gasteiger charge is 2.41. The van der Waals surface area contributed by atoms with E-state index in [1.54, 1.807) is 10.9 Å². The number of likely N-dealkylation sites (tertiary alicyclic amines) is 1. The average Bonchev–Trinajstić information content (AvgIpc) is 3.49. The van der Waals surface area contributed by atoms with Crippen LogP contribution >= 0.6 is 0 Å². The summed E-state index contributed by atoms with van der Waals surface area (Å²) in [4.78, 5) is 24.6. The van der Waals surface area contributed by atoms with Crippen molar-refractivity contribution in [3.63, 3.8) is 0 Å². The Morgan fingerprint density at radius 2 is 1.97 bits per heavy atom. The van der Waals surface area contributed by atoms with Gasteiger partial charge in [0.05, 0.1) is 23.1 Å². The van der Waals surface area contributed by atoms with Crippen molar-refractivity contribution in [3.8, 4) is 17.2 Å². The van der Waals surface area contributed by atoms with Crippen LogP contribution in [0.4, 0.5) is 0 Å². The molecule has 3 aliphatic rings. The molecule has 146 valence electrons. The van der Waals surface area contributed by atoms with E-state index >= 15 is 0 Å². The van der Waals surface area contributed by atoms with Crippen molar-refractivity contribution in [2.24, 2.45) is 5.92 Å². The maximum atomic E-state index is 13.1. The van der Waals surface area contributed by atoms with Gasteiger partial charge in [-0.2, -0.15) is 5.10 Å². The molecule has 6 rings (SSSR count). The fraction of sp³-hybridized carbons (Fsp3) is 0.391. The SMILES string of the molecule is Cc1c(C(=O)N2CC3CCC2C3)cnn1-c1ncc2c(n1)-c1ccccc1CC2. The van der Waals surface area contributed by atoms with Crippen molar-refractivity contribution < 1.29 is 4.79 Å². The summed E-state index contributed by atoms with van der Waals surface area (Å²) in [5.41, 5.74) is 6.12. The van der Waals surface area contributed by atoms with Gasteiger partial charge in [-0.3, -0.25) is 4.79 Å². The molecule has 2 bridgehead atoms. The first-order chi connectivity index (χ1) is 14.2. The van der Waals surface area contributed by atoms with Crippen LogP contribution in [0.3, 0.4) is 0 Å². The smallest absolute Gasteiger partial charge is 0.257 e. The van der Waals surface area contributed by atoms with Gasteiger partial charge in [0.25, 0.3) is 11.9 Å². The Kier molecular flexibility index (Phi) is 3.63. The van der Waals surface area contributed by atoms with E-state index in [-0.39, 0.29) is 5.91 Å². The number of aromatic nitrogens is 4. The lowest BCUT2D eigenvalue weighted by molar-refractivity contribution is 0.0703. The highest BCUT2D eigenvalue weighted by molar-refractivity contribution is 5.95. The monoisotopic (exact) mass is 385 g/mol. The van der Waals surface area contributed by atoms with Gasteiger partial charge in [-0.1, -0.05) is 24.3 Å². The Labute approximate surface area is 169 Å². The standard InChI is InChI=1S/C23H23N5O/c1-14-20(22(29)27-13-15-6-9-18(27)10-15)12-25-28(14)23-24-11-17-8-7-16-4-2-3-5-19(16)21(17)26-23/h2-5,11-12,15,18H,6-10,13H2,1H3. The maximum Gasteiger partial charge on any atom is 0.257 e. The number of carbonyl (C=O) groups excluding carboxylic acids is 1. The molecule has 0 spiro atoms. The molecule has 2 atom stereocenters. The average molecular weight is 385 g/mol. The Morgan fingerprint density at radius 3 is 2.79 bits per heavy atom. The summed E-state index contributed by atoms with van der Waals surface area (Å²) >= 11 is 0. The van der Waals surface area contributed by atoms with Crippen molar-refractivity contribution in [2.45, 2.75) is 45.1 Å². The lowest BCUT2D eigenvalue weighted by atomic mass is 9.90. The van der Waals surface area contributed by atoms with Crippen LogP contribution in [0.15, 0.2) is 36.7 Å². The predicted octanol–water partition coefficient (Wildman–Crippen LogP) is 3.36. The van der Waals surface area contributed by atoms with Crippen molar-refractivity contribution in [1.29, 1.82) is 0 Å². The summed E-state index contributed by atoms with van der Waals surface area (Å²) in [6.07, 6.45) is 9.12. The third kappa shape index (κ3) is 2.55. The van der Waals surface area contributed by atoms with Crippen LogP contribution in [0.25, 0.3) is 17.2 Å². The molecule has 6 nitrogen and oxygen atoms in total. The molecule has 1 saturated carbocycles. The largest absolute Gasteiger partial charge is 0.335 e. The van der Waals surface area contributed by atoms with E-state index in [0.717, 1.165) is 43.6 Å². The van der Waals surface area contributed by atoms with Crippen molar-refractivity contribution in [1.82, 2.24) is 24.6 Å². The van der Waals surface area contributed by atoms with Crippen LogP contribution in [0.2, 0.25) is 0 Å². The van der Waals surface area contributed by atoms with E-state index in [1.165, 1.54) is 23.1 Å². The molecule has 1 amide bonds. The van der Waals surface area contributed by atoms with Crippen LogP contribution in [0.1, 0.15) is 46.4 Å². The summed E-state index contributed by atoms with van der Waals surface area (Å²) in [5.74, 6) is 1.31. The number of hydrogen-bond donors (Lipinski definition) is 0. The molecule has 1 aliphatic heterocycles. The number of aryl methyl sites for hydroxylation is 2. The Hall–Kier alpha value is -3.02. The van der Waals surface area contributed by atoms with E-state index < -0.39 is 0 Å². The fourth-order valence-corrected chi connectivity index (χ4v) is 5.30. The highest BCUT2D eigenvalue weighted by Crippen LogP contribution is 2.38. The van der Waals surface area contributed by atoms with Gasteiger partial charge in [-0.05, 0) is 56.1 Å². The van der Waals surface area contributed by atoms with Gasteiger partial charge in [-0.25, -0.2) is 14.6 Å². The van der Waals surface area contributed by atoms with Crippen LogP contribution in [-0.4, -0.2) is 43.1 Å². The van der Waals surface area contributed by atoms with Crippen LogP contribution < -0.4 is 0 Å². The zero-order valence-electron chi connectivity index (χ0n) is 16.5. The topological polar surface area (TPSA) is 63.9 Å². The minimum Gasteiger partial charge on any atom is -0.335 e. The maximum absolute atomic E-state index is 13.1. The lowest BCUT2D eigenvalue weighted by Gasteiger charge is -2.26. The molecule has 2 aliphatic carbocycles. The number of hydrogen-bond acceptors (Lipinski definition) is 4. The number of piperidine rings is 1. The lowest BCUT2D eigenvalue weighted by Crippen LogP contribution is -2.37. The highest BCUT2D eigenvalue weighted by atomic mass is 16.2. The van der Waals surface area contributed by atoms with E-state index in [4.69, 9.17) is 4.98 Å². The molecular formula is C23H23N5O. The van der Waals surface area contributed by atoms with E-state index in [9.17, 15) is 4.79 Å². The zero-order chi connectivity index (χ0) is 19.5. The summed E-state index contributed by atoms with van der Waals surface area (Å²) in [7, 11) is 0. The number of nitrogens with zero attached hydrogens (tertiary/aromatic N) is 5. The van der Waals surface area contributed by atoms with Gasteiger partial charge in [0.15, 0.2) is 0 Å². The van der Waals surface area contributed by atoms with E-state index in [2.05, 4.69) is 34.3 Å². The van der Waals surface area contributed by atoms with Gasteiger partial charge < -0.3 is 4.90 Å². The van der Waals surface area contributed by atoms with Gasteiger partial charge in [-0.15, -0.1) is 0 Å². The molecule has 1 aromatic carbocycles.